The summed E-state index contributed by atoms with van der Waals surface area (Å²) >= 11 is 0. The molecule has 2 aromatic rings. The van der Waals surface area contributed by atoms with Gasteiger partial charge < -0.3 is 9.88 Å². The van der Waals surface area contributed by atoms with Crippen molar-refractivity contribution in [1.29, 1.82) is 0 Å². The molecule has 1 N–H and O–H groups in total. The molecule has 1 unspecified atom stereocenters. The third-order valence-electron chi connectivity index (χ3n) is 3.44. The van der Waals surface area contributed by atoms with E-state index in [1.165, 1.54) is 25.0 Å². The lowest BCUT2D eigenvalue weighted by molar-refractivity contribution is 0.626. The molecule has 0 radical (unpaired) electrons. The van der Waals surface area contributed by atoms with E-state index in [1.807, 2.05) is 24.5 Å². The van der Waals surface area contributed by atoms with Crippen LogP contribution in [0.1, 0.15) is 31.4 Å². The zero-order valence-electron chi connectivity index (χ0n) is 11.0. The first kappa shape index (κ1) is 12.2. The number of benzene rings is 1. The molecule has 1 aliphatic carbocycles. The predicted molar refractivity (Wildman–Crippen MR) is 73.7 cm³/mol. The highest BCUT2D eigenvalue weighted by molar-refractivity contribution is 5.30. The van der Waals surface area contributed by atoms with Crippen LogP contribution in [0.15, 0.2) is 36.7 Å². The molecule has 4 heteroatoms. The van der Waals surface area contributed by atoms with Gasteiger partial charge in [0.1, 0.15) is 5.82 Å². The van der Waals surface area contributed by atoms with Gasteiger partial charge in [0.2, 0.25) is 5.95 Å². The van der Waals surface area contributed by atoms with Crippen molar-refractivity contribution in [3.63, 3.8) is 0 Å². The Balaban J connectivity index is 1.62. The van der Waals surface area contributed by atoms with Crippen LogP contribution in [0.4, 0.5) is 10.3 Å². The Kier molecular flexibility index (Phi) is 3.23. The monoisotopic (exact) mass is 259 g/mol. The fourth-order valence-electron chi connectivity index (χ4n) is 2.32. The van der Waals surface area contributed by atoms with Crippen LogP contribution < -0.4 is 5.32 Å². The molecule has 1 heterocycles. The highest BCUT2D eigenvalue weighted by Crippen LogP contribution is 2.36. The summed E-state index contributed by atoms with van der Waals surface area (Å²) in [7, 11) is 0. The van der Waals surface area contributed by atoms with E-state index in [1.54, 1.807) is 0 Å². The molecular formula is C15H18FN3. The largest absolute Gasteiger partial charge is 0.353 e. The minimum absolute atomic E-state index is 0.186. The maximum absolute atomic E-state index is 12.8. The van der Waals surface area contributed by atoms with Gasteiger partial charge in [-0.3, -0.25) is 0 Å². The van der Waals surface area contributed by atoms with Gasteiger partial charge in [0.25, 0.3) is 0 Å². The quantitative estimate of drug-likeness (QED) is 0.892. The molecule has 1 aromatic carbocycles. The van der Waals surface area contributed by atoms with Crippen molar-refractivity contribution in [3.05, 3.63) is 48.0 Å². The molecule has 1 fully saturated rings. The number of hydrogen-bond acceptors (Lipinski definition) is 2. The van der Waals surface area contributed by atoms with Gasteiger partial charge in [0, 0.05) is 24.5 Å². The third kappa shape index (κ3) is 2.95. The Labute approximate surface area is 112 Å². The number of nitrogens with zero attached hydrogens (tertiary/aromatic N) is 2. The summed E-state index contributed by atoms with van der Waals surface area (Å²) in [5, 5.41) is 3.43. The maximum Gasteiger partial charge on any atom is 0.203 e. The highest BCUT2D eigenvalue weighted by atomic mass is 19.1. The second-order valence-corrected chi connectivity index (χ2v) is 5.27. The lowest BCUT2D eigenvalue weighted by Crippen LogP contribution is -2.20. The molecule has 0 amide bonds. The van der Waals surface area contributed by atoms with Crippen molar-refractivity contribution in [3.8, 4) is 0 Å². The number of hydrogen-bond donors (Lipinski definition) is 1. The molecule has 0 spiro atoms. The summed E-state index contributed by atoms with van der Waals surface area (Å²) in [4.78, 5) is 4.37. The van der Waals surface area contributed by atoms with Crippen molar-refractivity contribution in [2.45, 2.75) is 38.3 Å². The Morgan fingerprint density at radius 3 is 2.79 bits per heavy atom. The van der Waals surface area contributed by atoms with Crippen molar-refractivity contribution < 1.29 is 4.39 Å². The van der Waals surface area contributed by atoms with E-state index in [4.69, 9.17) is 0 Å². The van der Waals surface area contributed by atoms with Crippen LogP contribution in [0.2, 0.25) is 0 Å². The van der Waals surface area contributed by atoms with E-state index in [0.717, 1.165) is 17.9 Å². The number of nitrogens with one attached hydrogen (secondary N) is 1. The molecular weight excluding hydrogens is 241 g/mol. The highest BCUT2D eigenvalue weighted by Gasteiger charge is 2.25. The van der Waals surface area contributed by atoms with Gasteiger partial charge in [-0.05, 0) is 43.9 Å². The van der Waals surface area contributed by atoms with Crippen LogP contribution in [0.25, 0.3) is 0 Å². The summed E-state index contributed by atoms with van der Waals surface area (Å²) in [5.41, 5.74) is 1.13. The van der Waals surface area contributed by atoms with Crippen LogP contribution in [-0.4, -0.2) is 15.6 Å². The first-order valence-electron chi connectivity index (χ1n) is 6.76. The minimum Gasteiger partial charge on any atom is -0.353 e. The van der Waals surface area contributed by atoms with E-state index in [-0.39, 0.29) is 11.9 Å². The van der Waals surface area contributed by atoms with Crippen molar-refractivity contribution in [1.82, 2.24) is 9.55 Å². The molecule has 0 aliphatic heterocycles. The van der Waals surface area contributed by atoms with Gasteiger partial charge in [-0.15, -0.1) is 0 Å². The zero-order chi connectivity index (χ0) is 13.2. The summed E-state index contributed by atoms with van der Waals surface area (Å²) in [6.45, 7) is 2.12. The fraction of sp³-hybridized carbons (Fsp3) is 0.400. The average Bonchev–Trinajstić information content (AvgIpc) is 3.13. The Bertz CT molecular complexity index is 543. The van der Waals surface area contributed by atoms with Crippen LogP contribution in [-0.2, 0) is 6.42 Å². The molecule has 0 bridgehead atoms. The third-order valence-corrected chi connectivity index (χ3v) is 3.44. The van der Waals surface area contributed by atoms with Gasteiger partial charge in [0.15, 0.2) is 0 Å². The molecule has 19 heavy (non-hydrogen) atoms. The number of anilines is 1. The topological polar surface area (TPSA) is 29.9 Å². The second kappa shape index (κ2) is 5.03. The molecule has 3 rings (SSSR count). The first-order chi connectivity index (χ1) is 9.22. The Morgan fingerprint density at radius 1 is 1.37 bits per heavy atom. The maximum atomic E-state index is 12.8. The Morgan fingerprint density at radius 2 is 2.11 bits per heavy atom. The first-order valence-corrected chi connectivity index (χ1v) is 6.76. The number of imidazole rings is 1. The molecule has 1 aliphatic rings. The zero-order valence-corrected chi connectivity index (χ0v) is 11.0. The van der Waals surface area contributed by atoms with Gasteiger partial charge in [-0.25, -0.2) is 9.37 Å². The van der Waals surface area contributed by atoms with Gasteiger partial charge >= 0.3 is 0 Å². The number of halogens is 1. The average molecular weight is 259 g/mol. The van der Waals surface area contributed by atoms with Crippen LogP contribution in [0, 0.1) is 5.82 Å². The van der Waals surface area contributed by atoms with E-state index < -0.39 is 0 Å². The summed E-state index contributed by atoms with van der Waals surface area (Å²) in [5.74, 6) is 0.755. The van der Waals surface area contributed by atoms with Crippen LogP contribution in [0.3, 0.4) is 0 Å². The second-order valence-electron chi connectivity index (χ2n) is 5.27. The molecule has 1 saturated carbocycles. The van der Waals surface area contributed by atoms with Gasteiger partial charge in [-0.2, -0.15) is 0 Å². The van der Waals surface area contributed by atoms with Crippen LogP contribution in [0.5, 0.6) is 0 Å². The molecule has 1 aromatic heterocycles. The van der Waals surface area contributed by atoms with Gasteiger partial charge in [0.05, 0.1) is 0 Å². The predicted octanol–water partition coefficient (Wildman–Crippen LogP) is 3.40. The minimum atomic E-state index is -0.186. The summed E-state index contributed by atoms with van der Waals surface area (Å²) in [6.07, 6.45) is 7.22. The van der Waals surface area contributed by atoms with E-state index in [0.29, 0.717) is 6.04 Å². The smallest absolute Gasteiger partial charge is 0.203 e. The Hall–Kier alpha value is -1.84. The lowest BCUT2D eigenvalue weighted by atomic mass is 10.1. The van der Waals surface area contributed by atoms with Crippen molar-refractivity contribution in [2.24, 2.45) is 0 Å². The molecule has 100 valence electrons. The van der Waals surface area contributed by atoms with Crippen LogP contribution >= 0.6 is 0 Å². The van der Waals surface area contributed by atoms with Gasteiger partial charge in [-0.1, -0.05) is 12.1 Å². The van der Waals surface area contributed by atoms with E-state index in [2.05, 4.69) is 21.8 Å². The molecule has 1 atom stereocenters. The van der Waals surface area contributed by atoms with Crippen molar-refractivity contribution >= 4 is 5.95 Å². The van der Waals surface area contributed by atoms with Crippen molar-refractivity contribution in [2.75, 3.05) is 5.32 Å². The lowest BCUT2D eigenvalue weighted by Gasteiger charge is -2.16. The number of aromatic nitrogens is 2. The SMILES string of the molecule is CC(Cc1ccc(F)cc1)Nc1nccn1C1CC1. The standard InChI is InChI=1S/C15H18FN3/c1-11(10-12-2-4-13(16)5-3-12)18-15-17-8-9-19(15)14-6-7-14/h2-5,8-9,11,14H,6-7,10H2,1H3,(H,17,18). The van der Waals surface area contributed by atoms with E-state index >= 15 is 0 Å². The normalized spacial score (nSPS) is 16.3. The molecule has 0 saturated heterocycles. The summed E-state index contributed by atoms with van der Waals surface area (Å²) in [6, 6.07) is 7.58. The fourth-order valence-corrected chi connectivity index (χ4v) is 2.32. The number of rotatable bonds is 5. The molecule has 3 nitrogen and oxygen atoms in total. The van der Waals surface area contributed by atoms with E-state index in [9.17, 15) is 4.39 Å². The summed E-state index contributed by atoms with van der Waals surface area (Å²) < 4.78 is 15.1.